The molecule has 1 N–H and O–H groups in total. The summed E-state index contributed by atoms with van der Waals surface area (Å²) in [6.45, 7) is 2.38. The number of nitrogens with zero attached hydrogens (tertiary/aromatic N) is 2. The average Bonchev–Trinajstić information content (AvgIpc) is 3.38. The second kappa shape index (κ2) is 7.42. The molecule has 9 nitrogen and oxygen atoms in total. The number of likely N-dealkylation sites (tertiary alicyclic amines) is 1. The molecule has 1 amide bonds. The lowest BCUT2D eigenvalue weighted by molar-refractivity contribution is -0.385. The van der Waals surface area contributed by atoms with E-state index in [9.17, 15) is 24.8 Å². The van der Waals surface area contributed by atoms with E-state index in [1.807, 2.05) is 0 Å². The third-order valence-electron chi connectivity index (χ3n) is 5.21. The van der Waals surface area contributed by atoms with Crippen molar-refractivity contribution in [1.82, 2.24) is 4.90 Å². The summed E-state index contributed by atoms with van der Waals surface area (Å²) >= 11 is 0. The van der Waals surface area contributed by atoms with Crippen LogP contribution in [0.25, 0.3) is 0 Å². The monoisotopic (exact) mass is 378 g/mol. The topological polar surface area (TPSA) is 119 Å². The van der Waals surface area contributed by atoms with Crippen molar-refractivity contribution in [2.24, 2.45) is 17.8 Å². The molecule has 1 aromatic carbocycles. The smallest absolute Gasteiger partial charge is 0.308 e. The van der Waals surface area contributed by atoms with Crippen molar-refractivity contribution in [1.29, 1.82) is 0 Å². The van der Waals surface area contributed by atoms with Gasteiger partial charge in [0.1, 0.15) is 5.56 Å². The first kappa shape index (κ1) is 18.9. The van der Waals surface area contributed by atoms with Crippen LogP contribution >= 0.6 is 0 Å². The highest BCUT2D eigenvalue weighted by Gasteiger charge is 2.47. The molecule has 2 aliphatic rings. The van der Waals surface area contributed by atoms with Crippen LogP contribution in [0.3, 0.4) is 0 Å². The number of carboxylic acids is 1. The quantitative estimate of drug-likeness (QED) is 0.570. The summed E-state index contributed by atoms with van der Waals surface area (Å²) in [5, 5.41) is 21.0. The summed E-state index contributed by atoms with van der Waals surface area (Å²) in [6.07, 6.45) is 1.93. The van der Waals surface area contributed by atoms with Crippen LogP contribution in [0.5, 0.6) is 11.5 Å². The molecule has 0 unspecified atom stereocenters. The van der Waals surface area contributed by atoms with E-state index >= 15 is 0 Å². The van der Waals surface area contributed by atoms with E-state index in [1.54, 1.807) is 6.92 Å². The Morgan fingerprint density at radius 3 is 2.52 bits per heavy atom. The van der Waals surface area contributed by atoms with Crippen molar-refractivity contribution in [2.45, 2.75) is 19.8 Å². The van der Waals surface area contributed by atoms with Gasteiger partial charge in [0.15, 0.2) is 11.5 Å². The predicted octanol–water partition coefficient (Wildman–Crippen LogP) is 2.18. The zero-order valence-electron chi connectivity index (χ0n) is 15.2. The Labute approximate surface area is 156 Å². The number of hydrogen-bond acceptors (Lipinski definition) is 6. The molecule has 1 aromatic rings. The first-order valence-corrected chi connectivity index (χ1v) is 8.88. The fraction of sp³-hybridized carbons (Fsp3) is 0.556. The minimum absolute atomic E-state index is 0.0576. The summed E-state index contributed by atoms with van der Waals surface area (Å²) < 4.78 is 10.6. The Morgan fingerprint density at radius 1 is 1.30 bits per heavy atom. The van der Waals surface area contributed by atoms with E-state index < -0.39 is 22.7 Å². The molecule has 1 saturated heterocycles. The van der Waals surface area contributed by atoms with E-state index in [4.69, 9.17) is 9.47 Å². The lowest BCUT2D eigenvalue weighted by Crippen LogP contribution is -2.30. The van der Waals surface area contributed by atoms with Crippen LogP contribution in [0, 0.1) is 27.9 Å². The van der Waals surface area contributed by atoms with Crippen LogP contribution < -0.4 is 9.47 Å². The average molecular weight is 378 g/mol. The van der Waals surface area contributed by atoms with Gasteiger partial charge < -0.3 is 19.5 Å². The van der Waals surface area contributed by atoms with Gasteiger partial charge in [-0.1, -0.05) is 0 Å². The SMILES string of the molecule is CCOc1cc([N+](=O)[O-])c(C(=O)N2C[C@H](C(=O)O)[C@@H](C3CC3)C2)cc1OC. The number of rotatable bonds is 7. The number of benzene rings is 1. The van der Waals surface area contributed by atoms with Crippen molar-refractivity contribution < 1.29 is 29.1 Å². The Hall–Kier alpha value is -2.84. The molecule has 0 bridgehead atoms. The minimum atomic E-state index is -0.930. The van der Waals surface area contributed by atoms with Crippen LogP contribution in [-0.2, 0) is 4.79 Å². The fourth-order valence-electron chi connectivity index (χ4n) is 3.73. The maximum atomic E-state index is 13.0. The standard InChI is InChI=1S/C18H22N2O7/c1-3-27-16-7-14(20(24)25)11(6-15(16)26-2)17(21)19-8-12(10-4-5-10)13(9-19)18(22)23/h6-7,10,12-13H,3-5,8-9H2,1-2H3,(H,22,23)/t12-,13+/m1/s1. The van der Waals surface area contributed by atoms with Gasteiger partial charge in [0.05, 0.1) is 30.6 Å². The molecular weight excluding hydrogens is 356 g/mol. The van der Waals surface area contributed by atoms with Crippen molar-refractivity contribution >= 4 is 17.6 Å². The number of nitro benzene ring substituents is 1. The minimum Gasteiger partial charge on any atom is -0.493 e. The molecule has 146 valence electrons. The molecular formula is C18H22N2O7. The molecule has 0 radical (unpaired) electrons. The summed E-state index contributed by atoms with van der Waals surface area (Å²) in [7, 11) is 1.39. The van der Waals surface area contributed by atoms with Crippen LogP contribution in [0.4, 0.5) is 5.69 Å². The Bertz CT molecular complexity index is 775. The van der Waals surface area contributed by atoms with E-state index in [1.165, 1.54) is 24.1 Å². The number of methoxy groups -OCH3 is 1. The molecule has 0 spiro atoms. The highest BCUT2D eigenvalue weighted by atomic mass is 16.6. The van der Waals surface area contributed by atoms with Gasteiger partial charge in [-0.25, -0.2) is 0 Å². The normalized spacial score (nSPS) is 21.8. The number of carbonyl (C=O) groups excluding carboxylic acids is 1. The van der Waals surface area contributed by atoms with E-state index in [-0.39, 0.29) is 41.8 Å². The molecule has 1 heterocycles. The fourth-order valence-corrected chi connectivity index (χ4v) is 3.73. The molecule has 2 atom stereocenters. The van der Waals surface area contributed by atoms with E-state index in [2.05, 4.69) is 0 Å². The van der Waals surface area contributed by atoms with Gasteiger partial charge in [0.25, 0.3) is 11.6 Å². The molecule has 27 heavy (non-hydrogen) atoms. The molecule has 1 saturated carbocycles. The molecule has 1 aliphatic carbocycles. The number of ether oxygens (including phenoxy) is 2. The van der Waals surface area contributed by atoms with Crippen molar-refractivity contribution in [2.75, 3.05) is 26.8 Å². The summed E-state index contributed by atoms with van der Waals surface area (Å²) in [4.78, 5) is 36.8. The van der Waals surface area contributed by atoms with Gasteiger partial charge in [0, 0.05) is 19.2 Å². The van der Waals surface area contributed by atoms with Crippen molar-refractivity contribution in [3.8, 4) is 11.5 Å². The lowest BCUT2D eigenvalue weighted by atomic mass is 9.92. The maximum absolute atomic E-state index is 13.0. The Morgan fingerprint density at radius 2 is 2.00 bits per heavy atom. The van der Waals surface area contributed by atoms with Crippen LogP contribution in [-0.4, -0.2) is 53.6 Å². The molecule has 0 aromatic heterocycles. The van der Waals surface area contributed by atoms with Gasteiger partial charge in [-0.2, -0.15) is 0 Å². The second-order valence-electron chi connectivity index (χ2n) is 6.87. The Balaban J connectivity index is 1.93. The van der Waals surface area contributed by atoms with Crippen LogP contribution in [0.2, 0.25) is 0 Å². The number of carbonyl (C=O) groups is 2. The molecule has 3 rings (SSSR count). The van der Waals surface area contributed by atoms with Crippen LogP contribution in [0.1, 0.15) is 30.1 Å². The zero-order valence-corrected chi connectivity index (χ0v) is 15.2. The van der Waals surface area contributed by atoms with Crippen LogP contribution in [0.15, 0.2) is 12.1 Å². The summed E-state index contributed by atoms with van der Waals surface area (Å²) in [5.74, 6) is -1.50. The van der Waals surface area contributed by atoms with Crippen molar-refractivity contribution in [3.05, 3.63) is 27.8 Å². The highest BCUT2D eigenvalue weighted by molar-refractivity contribution is 5.99. The van der Waals surface area contributed by atoms with E-state index in [0.29, 0.717) is 12.5 Å². The summed E-state index contributed by atoms with van der Waals surface area (Å²) in [6, 6.07) is 2.48. The first-order chi connectivity index (χ1) is 12.9. The van der Waals surface area contributed by atoms with Gasteiger partial charge in [-0.3, -0.25) is 19.7 Å². The molecule has 2 fully saturated rings. The van der Waals surface area contributed by atoms with Gasteiger partial charge in [-0.05, 0) is 31.6 Å². The van der Waals surface area contributed by atoms with Gasteiger partial charge in [-0.15, -0.1) is 0 Å². The van der Waals surface area contributed by atoms with Crippen molar-refractivity contribution in [3.63, 3.8) is 0 Å². The number of carboxylic acid groups (broad SMARTS) is 1. The largest absolute Gasteiger partial charge is 0.493 e. The molecule has 9 heteroatoms. The zero-order chi connectivity index (χ0) is 19.7. The number of hydrogen-bond donors (Lipinski definition) is 1. The number of amides is 1. The number of aliphatic carboxylic acids is 1. The third-order valence-corrected chi connectivity index (χ3v) is 5.21. The van der Waals surface area contributed by atoms with Gasteiger partial charge in [0.2, 0.25) is 0 Å². The third kappa shape index (κ3) is 3.67. The van der Waals surface area contributed by atoms with Gasteiger partial charge >= 0.3 is 5.97 Å². The van der Waals surface area contributed by atoms with E-state index in [0.717, 1.165) is 12.8 Å². The predicted molar refractivity (Wildman–Crippen MR) is 94.1 cm³/mol. The maximum Gasteiger partial charge on any atom is 0.308 e. The highest BCUT2D eigenvalue weighted by Crippen LogP contribution is 2.45. The second-order valence-corrected chi connectivity index (χ2v) is 6.87. The number of nitro groups is 1. The lowest BCUT2D eigenvalue weighted by Gasteiger charge is -2.18. The molecule has 1 aliphatic heterocycles. The Kier molecular flexibility index (Phi) is 5.20. The first-order valence-electron chi connectivity index (χ1n) is 8.88. The summed E-state index contributed by atoms with van der Waals surface area (Å²) in [5.41, 5.74) is -0.508.